The van der Waals surface area contributed by atoms with Crippen molar-refractivity contribution in [2.75, 3.05) is 26.4 Å². The van der Waals surface area contributed by atoms with Crippen LogP contribution < -0.4 is 0 Å². The van der Waals surface area contributed by atoms with Crippen LogP contribution in [0.5, 0.6) is 0 Å². The van der Waals surface area contributed by atoms with Gasteiger partial charge in [0.1, 0.15) is 0 Å². The van der Waals surface area contributed by atoms with E-state index in [4.69, 9.17) is 20.4 Å². The monoisotopic (exact) mass is 246 g/mol. The quantitative estimate of drug-likeness (QED) is 0.552. The zero-order chi connectivity index (χ0) is 12.4. The molecule has 0 saturated heterocycles. The van der Waals surface area contributed by atoms with Crippen molar-refractivity contribution in [3.05, 3.63) is 35.9 Å². The molecule has 1 rings (SSSR count). The molecule has 5 nitrogen and oxygen atoms in total. The van der Waals surface area contributed by atoms with E-state index in [1.807, 2.05) is 18.2 Å². The Morgan fingerprint density at radius 3 is 1.29 bits per heavy atom. The third-order valence-corrected chi connectivity index (χ3v) is 2.28. The van der Waals surface area contributed by atoms with Crippen molar-refractivity contribution in [3.63, 3.8) is 0 Å². The van der Waals surface area contributed by atoms with Crippen LogP contribution in [0.2, 0.25) is 0 Å². The van der Waals surface area contributed by atoms with Gasteiger partial charge < -0.3 is 25.9 Å². The first kappa shape index (κ1) is 18.4. The SMILES string of the molecule is Cc1ccccc1.O.OCC(CO)(CO)CO. The van der Waals surface area contributed by atoms with Crippen molar-refractivity contribution in [1.29, 1.82) is 0 Å². The summed E-state index contributed by atoms with van der Waals surface area (Å²) in [5, 5.41) is 34.0. The lowest BCUT2D eigenvalue weighted by molar-refractivity contribution is -0.0328. The summed E-state index contributed by atoms with van der Waals surface area (Å²) in [6.45, 7) is 0.458. The Hall–Kier alpha value is -0.980. The van der Waals surface area contributed by atoms with Crippen LogP contribution >= 0.6 is 0 Å². The summed E-state index contributed by atoms with van der Waals surface area (Å²) >= 11 is 0. The molecule has 0 fully saturated rings. The van der Waals surface area contributed by atoms with E-state index in [0.717, 1.165) is 0 Å². The predicted octanol–water partition coefficient (Wildman–Crippen LogP) is -0.888. The molecule has 0 amide bonds. The molecule has 0 unspecified atom stereocenters. The van der Waals surface area contributed by atoms with E-state index in [-0.39, 0.29) is 5.48 Å². The Balaban J connectivity index is 0. The Bertz CT molecular complexity index is 241. The van der Waals surface area contributed by atoms with Gasteiger partial charge in [-0.15, -0.1) is 0 Å². The van der Waals surface area contributed by atoms with Gasteiger partial charge in [-0.1, -0.05) is 35.9 Å². The number of aryl methyl sites for hydroxylation is 1. The van der Waals surface area contributed by atoms with E-state index < -0.39 is 31.8 Å². The second-order valence-corrected chi connectivity index (χ2v) is 3.79. The van der Waals surface area contributed by atoms with Crippen molar-refractivity contribution in [3.8, 4) is 0 Å². The normalized spacial score (nSPS) is 9.94. The van der Waals surface area contributed by atoms with E-state index in [2.05, 4.69) is 19.1 Å². The molecule has 0 heterocycles. The first-order valence-electron chi connectivity index (χ1n) is 5.09. The molecule has 6 N–H and O–H groups in total. The fourth-order valence-electron chi connectivity index (χ4n) is 0.834. The molecule has 0 aliphatic rings. The summed E-state index contributed by atoms with van der Waals surface area (Å²) < 4.78 is 0. The first-order chi connectivity index (χ1) is 7.64. The van der Waals surface area contributed by atoms with Gasteiger partial charge in [-0.2, -0.15) is 0 Å². The van der Waals surface area contributed by atoms with Crippen molar-refractivity contribution in [2.24, 2.45) is 5.41 Å². The maximum absolute atomic E-state index is 8.50. The van der Waals surface area contributed by atoms with Gasteiger partial charge >= 0.3 is 0 Å². The molecule has 0 bridgehead atoms. The summed E-state index contributed by atoms with van der Waals surface area (Å²) in [7, 11) is 0. The Morgan fingerprint density at radius 2 is 1.18 bits per heavy atom. The molecule has 1 aromatic carbocycles. The lowest BCUT2D eigenvalue weighted by Crippen LogP contribution is -2.37. The number of aliphatic hydroxyl groups is 4. The highest BCUT2D eigenvalue weighted by atomic mass is 16.3. The maximum atomic E-state index is 8.50. The number of benzene rings is 1. The van der Waals surface area contributed by atoms with Crippen LogP contribution in [0, 0.1) is 12.3 Å². The van der Waals surface area contributed by atoms with Crippen molar-refractivity contribution in [1.82, 2.24) is 0 Å². The standard InChI is InChI=1S/C7H8.C5H12O4.H2O/c1-7-5-3-2-4-6-7;6-1-5(2-7,3-8)4-9;/h2-6H,1H3;6-9H,1-4H2;1H2. The molecule has 0 aliphatic heterocycles. The molecule has 1 aromatic rings. The number of hydrogen-bond acceptors (Lipinski definition) is 4. The van der Waals surface area contributed by atoms with Gasteiger partial charge in [-0.25, -0.2) is 0 Å². The van der Waals surface area contributed by atoms with Gasteiger partial charge in [0.2, 0.25) is 0 Å². The largest absolute Gasteiger partial charge is 0.412 e. The molecule has 100 valence electrons. The number of rotatable bonds is 4. The minimum atomic E-state index is -1.11. The van der Waals surface area contributed by atoms with Gasteiger partial charge in [0.05, 0.1) is 31.8 Å². The van der Waals surface area contributed by atoms with Gasteiger partial charge in [0, 0.05) is 0 Å². The zero-order valence-corrected chi connectivity index (χ0v) is 10.0. The molecule has 0 aliphatic carbocycles. The predicted molar refractivity (Wildman–Crippen MR) is 65.6 cm³/mol. The molecule has 17 heavy (non-hydrogen) atoms. The van der Waals surface area contributed by atoms with Crippen molar-refractivity contribution in [2.45, 2.75) is 6.92 Å². The minimum Gasteiger partial charge on any atom is -0.412 e. The summed E-state index contributed by atoms with van der Waals surface area (Å²) in [4.78, 5) is 0. The van der Waals surface area contributed by atoms with Crippen molar-refractivity contribution < 1.29 is 25.9 Å². The first-order valence-corrected chi connectivity index (χ1v) is 5.09. The van der Waals surface area contributed by atoms with E-state index in [9.17, 15) is 0 Å². The highest BCUT2D eigenvalue weighted by Gasteiger charge is 2.26. The van der Waals surface area contributed by atoms with Gasteiger partial charge in [0.25, 0.3) is 0 Å². The average molecular weight is 246 g/mol. The minimum absolute atomic E-state index is 0. The second-order valence-electron chi connectivity index (χ2n) is 3.79. The van der Waals surface area contributed by atoms with Gasteiger partial charge in [-0.05, 0) is 6.92 Å². The molecule has 5 heteroatoms. The average Bonchev–Trinajstić information content (AvgIpc) is 2.35. The van der Waals surface area contributed by atoms with E-state index >= 15 is 0 Å². The number of hydrogen-bond donors (Lipinski definition) is 4. The van der Waals surface area contributed by atoms with Gasteiger partial charge in [-0.3, -0.25) is 0 Å². The molecule has 0 aromatic heterocycles. The fourth-order valence-corrected chi connectivity index (χ4v) is 0.834. The topological polar surface area (TPSA) is 112 Å². The van der Waals surface area contributed by atoms with Crippen LogP contribution in [0.3, 0.4) is 0 Å². The highest BCUT2D eigenvalue weighted by molar-refractivity contribution is 5.11. The fraction of sp³-hybridized carbons (Fsp3) is 0.500. The smallest absolute Gasteiger partial charge is 0.0627 e. The van der Waals surface area contributed by atoms with E-state index in [1.165, 1.54) is 5.56 Å². The van der Waals surface area contributed by atoms with Crippen LogP contribution in [-0.2, 0) is 0 Å². The third-order valence-electron chi connectivity index (χ3n) is 2.28. The molecule has 0 spiro atoms. The lowest BCUT2D eigenvalue weighted by atomic mass is 9.93. The lowest BCUT2D eigenvalue weighted by Gasteiger charge is -2.23. The third kappa shape index (κ3) is 7.04. The van der Waals surface area contributed by atoms with Crippen LogP contribution in [0.4, 0.5) is 0 Å². The van der Waals surface area contributed by atoms with Gasteiger partial charge in [0.15, 0.2) is 0 Å². The Morgan fingerprint density at radius 1 is 0.824 bits per heavy atom. The molecular weight excluding hydrogens is 224 g/mol. The Kier molecular flexibility index (Phi) is 11.0. The van der Waals surface area contributed by atoms with E-state index in [1.54, 1.807) is 0 Å². The maximum Gasteiger partial charge on any atom is 0.0627 e. The van der Waals surface area contributed by atoms with Crippen LogP contribution in [0.15, 0.2) is 30.3 Å². The molecule has 0 saturated carbocycles. The molecular formula is C12H22O5. The van der Waals surface area contributed by atoms with Crippen LogP contribution in [0.25, 0.3) is 0 Å². The number of aliphatic hydroxyl groups excluding tert-OH is 4. The summed E-state index contributed by atoms with van der Waals surface area (Å²) in [6, 6.07) is 10.3. The second kappa shape index (κ2) is 10.2. The molecule has 0 radical (unpaired) electrons. The summed E-state index contributed by atoms with van der Waals surface area (Å²) in [5.41, 5.74) is 0.211. The molecule has 0 atom stereocenters. The Labute approximate surface area is 101 Å². The highest BCUT2D eigenvalue weighted by Crippen LogP contribution is 2.11. The zero-order valence-electron chi connectivity index (χ0n) is 10.0. The van der Waals surface area contributed by atoms with Crippen LogP contribution in [0.1, 0.15) is 5.56 Å². The van der Waals surface area contributed by atoms with Crippen molar-refractivity contribution >= 4 is 0 Å². The van der Waals surface area contributed by atoms with E-state index in [0.29, 0.717) is 0 Å². The summed E-state index contributed by atoms with van der Waals surface area (Å²) in [5.74, 6) is 0. The summed E-state index contributed by atoms with van der Waals surface area (Å²) in [6.07, 6.45) is 0. The van der Waals surface area contributed by atoms with Crippen LogP contribution in [-0.4, -0.2) is 52.3 Å².